The van der Waals surface area contributed by atoms with Crippen molar-refractivity contribution >= 4 is 5.91 Å². The third-order valence-electron chi connectivity index (χ3n) is 3.35. The molecule has 2 aromatic rings. The normalized spacial score (nSPS) is 18.2. The van der Waals surface area contributed by atoms with Crippen LogP contribution < -0.4 is 5.56 Å². The van der Waals surface area contributed by atoms with Crippen molar-refractivity contribution in [2.45, 2.75) is 13.0 Å². The zero-order chi connectivity index (χ0) is 15.5. The fraction of sp³-hybridized carbons (Fsp3) is 0.357. The van der Waals surface area contributed by atoms with Crippen LogP contribution in [-0.2, 0) is 4.74 Å². The molecular weight excluding hydrogens is 286 g/mol. The van der Waals surface area contributed by atoms with Crippen LogP contribution in [0.1, 0.15) is 28.0 Å². The summed E-state index contributed by atoms with van der Waals surface area (Å²) < 4.78 is 5.63. The van der Waals surface area contributed by atoms with Gasteiger partial charge in [-0.15, -0.1) is 0 Å². The number of ether oxygens (including phenoxy) is 1. The number of rotatable bonds is 2. The Kier molecular flexibility index (Phi) is 3.92. The van der Waals surface area contributed by atoms with Gasteiger partial charge in [0.1, 0.15) is 18.3 Å². The van der Waals surface area contributed by atoms with Crippen LogP contribution in [0.3, 0.4) is 0 Å². The largest absolute Gasteiger partial charge is 0.367 e. The van der Waals surface area contributed by atoms with E-state index in [0.717, 1.165) is 0 Å². The number of amides is 1. The van der Waals surface area contributed by atoms with Gasteiger partial charge < -0.3 is 14.6 Å². The van der Waals surface area contributed by atoms with Crippen LogP contribution in [0.4, 0.5) is 0 Å². The van der Waals surface area contributed by atoms with Crippen LogP contribution in [-0.4, -0.2) is 50.4 Å². The molecule has 0 spiro atoms. The van der Waals surface area contributed by atoms with E-state index in [4.69, 9.17) is 4.74 Å². The van der Waals surface area contributed by atoms with Crippen molar-refractivity contribution in [3.05, 3.63) is 52.2 Å². The van der Waals surface area contributed by atoms with Gasteiger partial charge in [-0.05, 0) is 6.92 Å². The molecule has 1 saturated heterocycles. The summed E-state index contributed by atoms with van der Waals surface area (Å²) >= 11 is 0. The number of morpholine rings is 1. The number of aryl methyl sites for hydroxylation is 1. The van der Waals surface area contributed by atoms with Crippen molar-refractivity contribution in [1.29, 1.82) is 0 Å². The second kappa shape index (κ2) is 6.02. The summed E-state index contributed by atoms with van der Waals surface area (Å²) in [7, 11) is 0. The van der Waals surface area contributed by atoms with E-state index in [-0.39, 0.29) is 11.5 Å². The maximum absolute atomic E-state index is 12.4. The molecule has 1 aliphatic heterocycles. The number of hydrogen-bond donors (Lipinski definition) is 1. The minimum absolute atomic E-state index is 0.163. The van der Waals surface area contributed by atoms with E-state index < -0.39 is 6.10 Å². The number of aromatic nitrogens is 4. The van der Waals surface area contributed by atoms with Crippen molar-refractivity contribution in [3.63, 3.8) is 0 Å². The Hall–Kier alpha value is -2.61. The Morgan fingerprint density at radius 3 is 2.91 bits per heavy atom. The van der Waals surface area contributed by atoms with E-state index >= 15 is 0 Å². The predicted octanol–water partition coefficient (Wildman–Crippen LogP) is 0.0820. The summed E-state index contributed by atoms with van der Waals surface area (Å²) in [4.78, 5) is 40.2. The lowest BCUT2D eigenvalue weighted by molar-refractivity contribution is -0.0270. The molecule has 1 fully saturated rings. The Labute approximate surface area is 126 Å². The molecule has 0 aliphatic carbocycles. The average Bonchev–Trinajstić information content (AvgIpc) is 2.54. The van der Waals surface area contributed by atoms with E-state index in [2.05, 4.69) is 19.9 Å². The first-order chi connectivity index (χ1) is 10.6. The van der Waals surface area contributed by atoms with Gasteiger partial charge in [0.2, 0.25) is 0 Å². The first-order valence-electron chi connectivity index (χ1n) is 6.87. The quantitative estimate of drug-likeness (QED) is 0.843. The van der Waals surface area contributed by atoms with Gasteiger partial charge in [0.15, 0.2) is 0 Å². The SMILES string of the molecule is Cc1cc(=O)[nH]c([C@H]2CN(C(=O)c3cncnc3)CCO2)n1. The number of H-pyrrole nitrogens is 1. The smallest absolute Gasteiger partial charge is 0.257 e. The average molecular weight is 301 g/mol. The number of aromatic amines is 1. The predicted molar refractivity (Wildman–Crippen MR) is 76.2 cm³/mol. The molecular formula is C14H15N5O3. The second-order valence-corrected chi connectivity index (χ2v) is 5.01. The van der Waals surface area contributed by atoms with E-state index in [1.807, 2.05) is 0 Å². The van der Waals surface area contributed by atoms with Crippen molar-refractivity contribution < 1.29 is 9.53 Å². The van der Waals surface area contributed by atoms with Gasteiger partial charge in [0.25, 0.3) is 11.5 Å². The topological polar surface area (TPSA) is 101 Å². The van der Waals surface area contributed by atoms with Crippen LogP contribution in [0.25, 0.3) is 0 Å². The molecule has 0 unspecified atom stereocenters. The molecule has 1 atom stereocenters. The monoisotopic (exact) mass is 301 g/mol. The second-order valence-electron chi connectivity index (χ2n) is 5.01. The van der Waals surface area contributed by atoms with Crippen molar-refractivity contribution in [2.75, 3.05) is 19.7 Å². The van der Waals surface area contributed by atoms with Crippen LogP contribution in [0.2, 0.25) is 0 Å². The highest BCUT2D eigenvalue weighted by molar-refractivity contribution is 5.93. The molecule has 22 heavy (non-hydrogen) atoms. The first kappa shape index (κ1) is 14.3. The summed E-state index contributed by atoms with van der Waals surface area (Å²) in [5, 5.41) is 0. The fourth-order valence-corrected chi connectivity index (χ4v) is 2.35. The molecule has 1 N–H and O–H groups in total. The van der Waals surface area contributed by atoms with E-state index in [1.165, 1.54) is 24.8 Å². The summed E-state index contributed by atoms with van der Waals surface area (Å²) in [6.45, 7) is 2.91. The van der Waals surface area contributed by atoms with Gasteiger partial charge in [-0.1, -0.05) is 0 Å². The molecule has 8 heteroatoms. The fourth-order valence-electron chi connectivity index (χ4n) is 2.35. The molecule has 114 valence electrons. The van der Waals surface area contributed by atoms with Crippen LogP contribution in [0.5, 0.6) is 0 Å². The molecule has 0 aromatic carbocycles. The summed E-state index contributed by atoms with van der Waals surface area (Å²) in [5.74, 6) is 0.274. The third kappa shape index (κ3) is 3.01. The van der Waals surface area contributed by atoms with Gasteiger partial charge in [-0.2, -0.15) is 0 Å². The zero-order valence-corrected chi connectivity index (χ0v) is 12.0. The third-order valence-corrected chi connectivity index (χ3v) is 3.35. The minimum atomic E-state index is -0.449. The molecule has 3 heterocycles. The molecule has 0 saturated carbocycles. The molecule has 1 amide bonds. The first-order valence-corrected chi connectivity index (χ1v) is 6.87. The van der Waals surface area contributed by atoms with E-state index in [0.29, 0.717) is 36.8 Å². The Balaban J connectivity index is 1.79. The number of nitrogens with zero attached hydrogens (tertiary/aromatic N) is 4. The minimum Gasteiger partial charge on any atom is -0.367 e. The highest BCUT2D eigenvalue weighted by atomic mass is 16.5. The van der Waals surface area contributed by atoms with Gasteiger partial charge in [0.05, 0.1) is 18.7 Å². The van der Waals surface area contributed by atoms with Crippen molar-refractivity contribution in [1.82, 2.24) is 24.8 Å². The van der Waals surface area contributed by atoms with Crippen LogP contribution in [0.15, 0.2) is 29.6 Å². The van der Waals surface area contributed by atoms with E-state index in [9.17, 15) is 9.59 Å². The lowest BCUT2D eigenvalue weighted by atomic mass is 10.2. The lowest BCUT2D eigenvalue weighted by Crippen LogP contribution is -2.43. The highest BCUT2D eigenvalue weighted by Crippen LogP contribution is 2.19. The summed E-state index contributed by atoms with van der Waals surface area (Å²) in [5.41, 5.74) is 0.808. The van der Waals surface area contributed by atoms with E-state index in [1.54, 1.807) is 11.8 Å². The molecule has 1 aliphatic rings. The molecule has 2 aromatic heterocycles. The Bertz CT molecular complexity index is 731. The summed E-state index contributed by atoms with van der Waals surface area (Å²) in [6, 6.07) is 1.41. The van der Waals surface area contributed by atoms with Gasteiger partial charge in [0, 0.05) is 30.7 Å². The standard InChI is InChI=1S/C14H15N5O3/c1-9-4-12(20)18-13(17-9)11-7-19(2-3-22-11)14(21)10-5-15-8-16-6-10/h4-6,8,11H,2-3,7H2,1H3,(H,17,18,20)/t11-/m1/s1. The van der Waals surface area contributed by atoms with Crippen LogP contribution >= 0.6 is 0 Å². The number of hydrogen-bond acceptors (Lipinski definition) is 6. The van der Waals surface area contributed by atoms with Crippen molar-refractivity contribution in [3.8, 4) is 0 Å². The molecule has 3 rings (SSSR count). The number of carbonyl (C=O) groups excluding carboxylic acids is 1. The van der Waals surface area contributed by atoms with Crippen LogP contribution in [0, 0.1) is 6.92 Å². The Morgan fingerprint density at radius 2 is 2.18 bits per heavy atom. The number of carbonyl (C=O) groups is 1. The maximum atomic E-state index is 12.4. The Morgan fingerprint density at radius 1 is 1.41 bits per heavy atom. The molecule has 0 bridgehead atoms. The highest BCUT2D eigenvalue weighted by Gasteiger charge is 2.27. The van der Waals surface area contributed by atoms with Gasteiger partial charge >= 0.3 is 0 Å². The summed E-state index contributed by atoms with van der Waals surface area (Å²) in [6.07, 6.45) is 3.88. The lowest BCUT2D eigenvalue weighted by Gasteiger charge is -2.32. The number of nitrogens with one attached hydrogen (secondary N) is 1. The van der Waals surface area contributed by atoms with Gasteiger partial charge in [-0.25, -0.2) is 15.0 Å². The van der Waals surface area contributed by atoms with Gasteiger partial charge in [-0.3, -0.25) is 9.59 Å². The maximum Gasteiger partial charge on any atom is 0.257 e. The van der Waals surface area contributed by atoms with Crippen molar-refractivity contribution in [2.24, 2.45) is 0 Å². The zero-order valence-electron chi connectivity index (χ0n) is 12.0. The molecule has 0 radical (unpaired) electrons. The molecule has 8 nitrogen and oxygen atoms in total.